The molecule has 1 N–H and O–H groups in total. The lowest BCUT2D eigenvalue weighted by Gasteiger charge is -2.37. The number of hydrogen-bond acceptors (Lipinski definition) is 2. The minimum Gasteiger partial charge on any atom is -0.416 e. The van der Waals surface area contributed by atoms with Crippen molar-refractivity contribution in [1.29, 1.82) is 0 Å². The van der Waals surface area contributed by atoms with Gasteiger partial charge in [-0.05, 0) is 42.1 Å². The van der Waals surface area contributed by atoms with E-state index in [-0.39, 0.29) is 17.4 Å². The predicted molar refractivity (Wildman–Crippen MR) is 134 cm³/mol. The Bertz CT molecular complexity index is 922. The van der Waals surface area contributed by atoms with Crippen LogP contribution >= 0.6 is 0 Å². The van der Waals surface area contributed by atoms with E-state index in [1.165, 1.54) is 0 Å². The molecule has 0 unspecified atom stereocenters. The normalized spacial score (nSPS) is 14.7. The molecular formula is C27H36F3NO2Si. The van der Waals surface area contributed by atoms with Crippen LogP contribution in [0.1, 0.15) is 31.9 Å². The van der Waals surface area contributed by atoms with Crippen molar-refractivity contribution in [1.82, 2.24) is 5.32 Å². The van der Waals surface area contributed by atoms with Crippen LogP contribution in [0.2, 0.25) is 18.1 Å². The highest BCUT2D eigenvalue weighted by Gasteiger charge is 2.39. The Hall–Kier alpha value is -2.38. The molecule has 2 atom stereocenters. The number of hydrogen-bond donors (Lipinski definition) is 1. The molecule has 0 radical (unpaired) electrons. The average molecular weight is 492 g/mol. The summed E-state index contributed by atoms with van der Waals surface area (Å²) in [5.74, 6) is -1.98. The standard InChI is InChI=1S/C27H36F3NO2Si/c1-26(2,3)34(4,5)33-20-23(18-21-12-8-6-9-13-21)16-17-24(31-25(32)27(28,29)30)19-22-14-10-7-11-15-22/h6-17,23-24H,18-20H2,1-5H3,(H,31,32)/b17-16+/t23-,24-/m1/s1. The van der Waals surface area contributed by atoms with Gasteiger partial charge in [0.2, 0.25) is 0 Å². The fourth-order valence-electron chi connectivity index (χ4n) is 3.21. The number of carbonyl (C=O) groups excluding carboxylic acids is 1. The molecule has 2 rings (SSSR count). The van der Waals surface area contributed by atoms with Crippen LogP contribution in [0.4, 0.5) is 13.2 Å². The van der Waals surface area contributed by atoms with Crippen LogP contribution in [0.25, 0.3) is 0 Å². The second-order valence-corrected chi connectivity index (χ2v) is 15.0. The summed E-state index contributed by atoms with van der Waals surface area (Å²) in [7, 11) is -2.01. The summed E-state index contributed by atoms with van der Waals surface area (Å²) < 4.78 is 45.3. The van der Waals surface area contributed by atoms with Crippen molar-refractivity contribution >= 4 is 14.2 Å². The van der Waals surface area contributed by atoms with E-state index < -0.39 is 26.4 Å². The van der Waals surface area contributed by atoms with Crippen molar-refractivity contribution in [2.75, 3.05) is 6.61 Å². The number of halogens is 3. The van der Waals surface area contributed by atoms with Crippen molar-refractivity contribution in [3.8, 4) is 0 Å². The Morgan fingerprint density at radius 3 is 1.88 bits per heavy atom. The summed E-state index contributed by atoms with van der Waals surface area (Å²) in [6.07, 6.45) is -0.404. The number of benzene rings is 2. The highest BCUT2D eigenvalue weighted by molar-refractivity contribution is 6.74. The van der Waals surface area contributed by atoms with Gasteiger partial charge in [0, 0.05) is 12.5 Å². The lowest BCUT2D eigenvalue weighted by Crippen LogP contribution is -2.43. The van der Waals surface area contributed by atoms with E-state index in [4.69, 9.17) is 4.43 Å². The summed E-state index contributed by atoms with van der Waals surface area (Å²) in [6, 6.07) is 18.3. The minimum absolute atomic E-state index is 0.0439. The van der Waals surface area contributed by atoms with Crippen LogP contribution in [0.15, 0.2) is 72.8 Å². The molecule has 0 saturated heterocycles. The molecule has 0 aliphatic rings. The first kappa shape index (κ1) is 27.9. The van der Waals surface area contributed by atoms with Gasteiger partial charge in [0.25, 0.3) is 0 Å². The molecule has 0 aliphatic carbocycles. The zero-order valence-corrected chi connectivity index (χ0v) is 21.7. The molecule has 1 amide bonds. The molecule has 0 fully saturated rings. The smallest absolute Gasteiger partial charge is 0.416 e. The summed E-state index contributed by atoms with van der Waals surface area (Å²) in [5, 5.41) is 2.18. The number of rotatable bonds is 10. The SMILES string of the molecule is CC(C)(C)[Si](C)(C)OC[C@H](/C=C/[C@H](Cc1ccccc1)NC(=O)C(F)(F)F)Cc1ccccc1. The second-order valence-electron chi connectivity index (χ2n) is 10.2. The largest absolute Gasteiger partial charge is 0.471 e. The molecule has 0 aliphatic heterocycles. The van der Waals surface area contributed by atoms with Gasteiger partial charge in [-0.25, -0.2) is 0 Å². The van der Waals surface area contributed by atoms with Crippen molar-refractivity contribution in [2.45, 2.75) is 64.0 Å². The number of amides is 1. The number of nitrogens with one attached hydrogen (secondary N) is 1. The van der Waals surface area contributed by atoms with E-state index in [0.29, 0.717) is 13.0 Å². The van der Waals surface area contributed by atoms with Crippen molar-refractivity contribution in [3.63, 3.8) is 0 Å². The zero-order valence-electron chi connectivity index (χ0n) is 20.7. The molecule has 186 valence electrons. The van der Waals surface area contributed by atoms with Crippen LogP contribution in [-0.4, -0.2) is 33.0 Å². The number of alkyl halides is 3. The van der Waals surface area contributed by atoms with Crippen molar-refractivity contribution in [2.24, 2.45) is 5.92 Å². The van der Waals surface area contributed by atoms with Crippen LogP contribution in [0.3, 0.4) is 0 Å². The van der Waals surface area contributed by atoms with Crippen LogP contribution in [0, 0.1) is 5.92 Å². The van der Waals surface area contributed by atoms with Gasteiger partial charge in [0.15, 0.2) is 8.32 Å². The highest BCUT2D eigenvalue weighted by Crippen LogP contribution is 2.37. The first-order valence-electron chi connectivity index (χ1n) is 11.6. The third-order valence-electron chi connectivity index (χ3n) is 6.29. The molecule has 7 heteroatoms. The predicted octanol–water partition coefficient (Wildman–Crippen LogP) is 6.71. The van der Waals surface area contributed by atoms with E-state index in [1.807, 2.05) is 66.7 Å². The van der Waals surface area contributed by atoms with Crippen LogP contribution in [0.5, 0.6) is 0 Å². The molecular weight excluding hydrogens is 455 g/mol. The van der Waals surface area contributed by atoms with Gasteiger partial charge in [0.1, 0.15) is 0 Å². The van der Waals surface area contributed by atoms with Gasteiger partial charge in [-0.2, -0.15) is 13.2 Å². The summed E-state index contributed by atoms with van der Waals surface area (Å²) in [4.78, 5) is 11.7. The van der Waals surface area contributed by atoms with Crippen LogP contribution < -0.4 is 5.32 Å². The molecule has 34 heavy (non-hydrogen) atoms. The second kappa shape index (κ2) is 11.8. The maximum absolute atomic E-state index is 12.9. The van der Waals surface area contributed by atoms with E-state index in [2.05, 4.69) is 39.2 Å². The van der Waals surface area contributed by atoms with Gasteiger partial charge in [-0.1, -0.05) is 93.6 Å². The van der Waals surface area contributed by atoms with E-state index in [0.717, 1.165) is 11.1 Å². The minimum atomic E-state index is -4.93. The van der Waals surface area contributed by atoms with Crippen molar-refractivity contribution in [3.05, 3.63) is 83.9 Å². The van der Waals surface area contributed by atoms with Gasteiger partial charge in [-0.3, -0.25) is 4.79 Å². The molecule has 0 aromatic heterocycles. The third kappa shape index (κ3) is 9.10. The summed E-state index contributed by atoms with van der Waals surface area (Å²) in [5.41, 5.74) is 1.96. The molecule has 0 spiro atoms. The maximum Gasteiger partial charge on any atom is 0.471 e. The maximum atomic E-state index is 12.9. The zero-order chi connectivity index (χ0) is 25.4. The van der Waals surface area contributed by atoms with Gasteiger partial charge >= 0.3 is 12.1 Å². The lowest BCUT2D eigenvalue weighted by molar-refractivity contribution is -0.174. The van der Waals surface area contributed by atoms with Crippen molar-refractivity contribution < 1.29 is 22.4 Å². The molecule has 2 aromatic carbocycles. The lowest BCUT2D eigenvalue weighted by atomic mass is 9.97. The number of carbonyl (C=O) groups is 1. The Morgan fingerprint density at radius 1 is 0.912 bits per heavy atom. The van der Waals surface area contributed by atoms with Gasteiger partial charge < -0.3 is 9.74 Å². The first-order valence-corrected chi connectivity index (χ1v) is 14.5. The fourth-order valence-corrected chi connectivity index (χ4v) is 4.27. The first-order chi connectivity index (χ1) is 15.8. The third-order valence-corrected chi connectivity index (χ3v) is 10.8. The molecule has 0 saturated carbocycles. The molecule has 0 bridgehead atoms. The molecule has 0 heterocycles. The molecule has 3 nitrogen and oxygen atoms in total. The van der Waals surface area contributed by atoms with E-state index >= 15 is 0 Å². The summed E-state index contributed by atoms with van der Waals surface area (Å²) >= 11 is 0. The monoisotopic (exact) mass is 491 g/mol. The Labute approximate surface area is 202 Å². The van der Waals surface area contributed by atoms with E-state index in [1.54, 1.807) is 6.08 Å². The molecule has 2 aromatic rings. The highest BCUT2D eigenvalue weighted by atomic mass is 28.4. The average Bonchev–Trinajstić information content (AvgIpc) is 2.75. The van der Waals surface area contributed by atoms with Gasteiger partial charge in [0.05, 0.1) is 6.04 Å². The Kier molecular flexibility index (Phi) is 9.70. The Balaban J connectivity index is 2.25. The fraction of sp³-hybridized carbons (Fsp3) is 0.444. The summed E-state index contributed by atoms with van der Waals surface area (Å²) in [6.45, 7) is 11.3. The topological polar surface area (TPSA) is 38.3 Å². The van der Waals surface area contributed by atoms with E-state index in [9.17, 15) is 18.0 Å². The van der Waals surface area contributed by atoms with Gasteiger partial charge in [-0.15, -0.1) is 0 Å². The Morgan fingerprint density at radius 2 is 1.41 bits per heavy atom. The quantitative estimate of drug-likeness (QED) is 0.296. The van der Waals surface area contributed by atoms with Crippen LogP contribution in [-0.2, 0) is 22.1 Å².